The van der Waals surface area contributed by atoms with Crippen LogP contribution in [-0.4, -0.2) is 18.2 Å². The Morgan fingerprint density at radius 2 is 1.04 bits per heavy atom. The lowest BCUT2D eigenvalue weighted by atomic mass is 9.62. The Hall–Kier alpha value is -2.88. The van der Waals surface area contributed by atoms with Crippen molar-refractivity contribution in [3.8, 4) is 11.1 Å². The first-order valence-electron chi connectivity index (χ1n) is 7.89. The zero-order valence-corrected chi connectivity index (χ0v) is 13.8. The Balaban J connectivity index is 0.00000113. The van der Waals surface area contributed by atoms with E-state index in [-0.39, 0.29) is 11.0 Å². The first-order valence-corrected chi connectivity index (χ1v) is 7.89. The van der Waals surface area contributed by atoms with Crippen molar-refractivity contribution in [2.45, 2.75) is 0 Å². The van der Waals surface area contributed by atoms with Gasteiger partial charge in [0.2, 0.25) is 0 Å². The number of hydrogen-bond donors (Lipinski definition) is 0. The van der Waals surface area contributed by atoms with Crippen LogP contribution < -0.4 is 10.9 Å². The Morgan fingerprint density at radius 3 is 1.72 bits per heavy atom. The molecule has 1 radical (unpaired) electrons. The molecule has 3 heteroatoms. The smallest absolute Gasteiger partial charge is 0.192 e. The van der Waals surface area contributed by atoms with Gasteiger partial charge >= 0.3 is 0 Å². The van der Waals surface area contributed by atoms with E-state index in [2.05, 4.69) is 98.3 Å². The van der Waals surface area contributed by atoms with Crippen molar-refractivity contribution in [3.63, 3.8) is 0 Å². The molecule has 0 aliphatic rings. The van der Waals surface area contributed by atoms with Gasteiger partial charge in [-0.1, -0.05) is 108 Å². The molecule has 4 aromatic rings. The molecule has 0 aliphatic carbocycles. The molecule has 0 saturated carbocycles. The molecule has 0 aliphatic heterocycles. The molecule has 0 atom stereocenters. The van der Waals surface area contributed by atoms with E-state index in [1.165, 1.54) is 32.8 Å². The van der Waals surface area contributed by atoms with Gasteiger partial charge in [-0.3, -0.25) is 0 Å². The van der Waals surface area contributed by atoms with Crippen LogP contribution in [0, 0.1) is 0 Å². The molecule has 0 aromatic heterocycles. The Bertz CT molecular complexity index is 938. The third-order valence-corrected chi connectivity index (χ3v) is 4.16. The molecule has 0 spiro atoms. The molecule has 0 bridgehead atoms. The summed E-state index contributed by atoms with van der Waals surface area (Å²) in [6.07, 6.45) is 0. The average Bonchev–Trinajstić information content (AvgIpc) is 2.64. The molecule has 0 unspecified atom stereocenters. The zero-order valence-electron chi connectivity index (χ0n) is 13.8. The zero-order chi connectivity index (χ0) is 15.5. The lowest BCUT2D eigenvalue weighted by Crippen LogP contribution is -2.27. The summed E-state index contributed by atoms with van der Waals surface area (Å²) >= 11 is 0. The normalized spacial score (nSPS) is 9.76. The van der Waals surface area contributed by atoms with Crippen molar-refractivity contribution in [3.05, 3.63) is 97.1 Å². The van der Waals surface area contributed by atoms with E-state index < -0.39 is 0 Å². The first kappa shape index (κ1) is 18.5. The topological polar surface area (TPSA) is 63.0 Å². The molecular weight excluding hydrogens is 307 g/mol. The second-order valence-corrected chi connectivity index (χ2v) is 5.67. The standard InChI is InChI=1S/C22H16B.2H2O/c1-3-9-17(10-4-1)19-15-16-22(21-14-8-7-13-20(19)21)23-18-11-5-2-6-12-18;;/h1-16H;2*1H2. The van der Waals surface area contributed by atoms with E-state index in [0.29, 0.717) is 0 Å². The lowest BCUT2D eigenvalue weighted by molar-refractivity contribution is 0.823. The summed E-state index contributed by atoms with van der Waals surface area (Å²) < 4.78 is 0. The van der Waals surface area contributed by atoms with Gasteiger partial charge in [0.1, 0.15) is 0 Å². The molecule has 4 rings (SSSR count). The van der Waals surface area contributed by atoms with Crippen molar-refractivity contribution in [1.29, 1.82) is 0 Å². The fraction of sp³-hybridized carbons (Fsp3) is 0. The maximum atomic E-state index is 2.25. The van der Waals surface area contributed by atoms with Crippen LogP contribution in [0.2, 0.25) is 0 Å². The highest BCUT2D eigenvalue weighted by Gasteiger charge is 2.08. The van der Waals surface area contributed by atoms with Crippen molar-refractivity contribution >= 4 is 29.0 Å². The Labute approximate surface area is 148 Å². The van der Waals surface area contributed by atoms with Gasteiger partial charge in [-0.15, -0.1) is 0 Å². The van der Waals surface area contributed by atoms with Crippen LogP contribution in [-0.2, 0) is 0 Å². The monoisotopic (exact) mass is 327 g/mol. The van der Waals surface area contributed by atoms with Gasteiger partial charge in [-0.2, -0.15) is 0 Å². The quantitative estimate of drug-likeness (QED) is 0.519. The van der Waals surface area contributed by atoms with Crippen molar-refractivity contribution in [1.82, 2.24) is 0 Å². The summed E-state index contributed by atoms with van der Waals surface area (Å²) in [6.45, 7) is 0. The molecular formula is C22H20BO2. The van der Waals surface area contributed by atoms with Gasteiger partial charge in [0.25, 0.3) is 0 Å². The number of benzene rings is 4. The molecule has 25 heavy (non-hydrogen) atoms. The van der Waals surface area contributed by atoms with Crippen LogP contribution >= 0.6 is 0 Å². The molecule has 0 saturated heterocycles. The maximum absolute atomic E-state index is 2.25. The maximum Gasteiger partial charge on any atom is 0.192 e. The number of hydrogen-bond acceptors (Lipinski definition) is 0. The predicted molar refractivity (Wildman–Crippen MR) is 108 cm³/mol. The third-order valence-electron chi connectivity index (χ3n) is 4.16. The summed E-state index contributed by atoms with van der Waals surface area (Å²) in [5, 5.41) is 2.58. The van der Waals surface area contributed by atoms with Crippen molar-refractivity contribution in [2.24, 2.45) is 0 Å². The second kappa shape index (κ2) is 8.29. The van der Waals surface area contributed by atoms with Crippen molar-refractivity contribution < 1.29 is 11.0 Å². The van der Waals surface area contributed by atoms with E-state index in [1.807, 2.05) is 6.07 Å². The van der Waals surface area contributed by atoms with E-state index in [1.54, 1.807) is 0 Å². The van der Waals surface area contributed by atoms with Crippen LogP contribution in [0.4, 0.5) is 0 Å². The summed E-state index contributed by atoms with van der Waals surface area (Å²) in [6, 6.07) is 34.1. The minimum Gasteiger partial charge on any atom is -0.412 e. The van der Waals surface area contributed by atoms with Gasteiger partial charge in [-0.25, -0.2) is 0 Å². The van der Waals surface area contributed by atoms with Gasteiger partial charge in [0, 0.05) is 0 Å². The molecule has 2 nitrogen and oxygen atoms in total. The minimum absolute atomic E-state index is 0. The van der Waals surface area contributed by atoms with E-state index in [0.717, 1.165) is 0 Å². The highest BCUT2D eigenvalue weighted by molar-refractivity contribution is 6.69. The van der Waals surface area contributed by atoms with Crippen LogP contribution in [0.3, 0.4) is 0 Å². The summed E-state index contributed by atoms with van der Waals surface area (Å²) in [4.78, 5) is 0. The number of rotatable bonds is 3. The van der Waals surface area contributed by atoms with Crippen LogP contribution in [0.5, 0.6) is 0 Å². The summed E-state index contributed by atoms with van der Waals surface area (Å²) in [5.74, 6) is 0. The second-order valence-electron chi connectivity index (χ2n) is 5.67. The van der Waals surface area contributed by atoms with E-state index >= 15 is 0 Å². The first-order chi connectivity index (χ1) is 11.4. The molecule has 4 aromatic carbocycles. The highest BCUT2D eigenvalue weighted by Crippen LogP contribution is 2.27. The largest absolute Gasteiger partial charge is 0.412 e. The van der Waals surface area contributed by atoms with E-state index in [9.17, 15) is 0 Å². The van der Waals surface area contributed by atoms with Gasteiger partial charge in [0.05, 0.1) is 0 Å². The Morgan fingerprint density at radius 1 is 0.480 bits per heavy atom. The minimum atomic E-state index is 0. The summed E-state index contributed by atoms with van der Waals surface area (Å²) in [7, 11) is 2.25. The van der Waals surface area contributed by atoms with E-state index in [4.69, 9.17) is 0 Å². The van der Waals surface area contributed by atoms with Gasteiger partial charge in [-0.05, 0) is 21.9 Å². The van der Waals surface area contributed by atoms with Gasteiger partial charge in [0.15, 0.2) is 7.28 Å². The van der Waals surface area contributed by atoms with Crippen LogP contribution in [0.1, 0.15) is 0 Å². The molecule has 0 heterocycles. The molecule has 4 N–H and O–H groups in total. The Kier molecular flexibility index (Phi) is 6.12. The van der Waals surface area contributed by atoms with Gasteiger partial charge < -0.3 is 11.0 Å². The lowest BCUT2D eigenvalue weighted by Gasteiger charge is -2.11. The average molecular weight is 327 g/mol. The highest BCUT2D eigenvalue weighted by atomic mass is 16.0. The van der Waals surface area contributed by atoms with Crippen molar-refractivity contribution in [2.75, 3.05) is 0 Å². The third kappa shape index (κ3) is 3.79. The SMILES string of the molecule is O.O.[B](c1ccccc1)c1ccc(-c2ccccc2)c2ccccc12. The van der Waals surface area contributed by atoms with Crippen LogP contribution in [0.15, 0.2) is 97.1 Å². The molecule has 0 amide bonds. The predicted octanol–water partition coefficient (Wildman–Crippen LogP) is 2.51. The number of fused-ring (bicyclic) bond motifs is 1. The fourth-order valence-corrected chi connectivity index (χ4v) is 3.05. The molecule has 0 fully saturated rings. The summed E-state index contributed by atoms with van der Waals surface area (Å²) in [5.41, 5.74) is 5.03. The fourth-order valence-electron chi connectivity index (χ4n) is 3.05. The van der Waals surface area contributed by atoms with Crippen LogP contribution in [0.25, 0.3) is 21.9 Å². The molecule has 123 valence electrons.